The largest absolute Gasteiger partial charge is 0.377 e. The summed E-state index contributed by atoms with van der Waals surface area (Å²) in [5.41, 5.74) is 5.31. The molecule has 4 rings (SSSR count). The van der Waals surface area contributed by atoms with E-state index in [2.05, 4.69) is 74.4 Å². The van der Waals surface area contributed by atoms with Gasteiger partial charge in [-0.05, 0) is 86.1 Å². The van der Waals surface area contributed by atoms with E-state index in [1.165, 1.54) is 56.7 Å². The number of hydrogen-bond donors (Lipinski definition) is 0. The molecule has 3 fully saturated rings. The highest BCUT2D eigenvalue weighted by molar-refractivity contribution is 5.85. The number of rotatable bonds is 7. The SMILES string of the molecule is CCCN1CCN(c2ccc(N3CC[C@@H](OCC)C3)cc2C2CC(C)(C)CC(C)(C)C2)CC1.Cl. The van der Waals surface area contributed by atoms with Crippen LogP contribution in [0.1, 0.15) is 85.1 Å². The molecule has 2 aliphatic heterocycles. The molecule has 0 radical (unpaired) electrons. The average molecular weight is 492 g/mol. The van der Waals surface area contributed by atoms with Gasteiger partial charge >= 0.3 is 0 Å². The Labute approximate surface area is 215 Å². The molecule has 0 aromatic heterocycles. The molecular weight excluding hydrogens is 442 g/mol. The minimum atomic E-state index is 0. The minimum absolute atomic E-state index is 0. The second kappa shape index (κ2) is 11.4. The van der Waals surface area contributed by atoms with Crippen LogP contribution in [0.4, 0.5) is 11.4 Å². The van der Waals surface area contributed by atoms with E-state index in [1.54, 1.807) is 5.56 Å². The smallest absolute Gasteiger partial charge is 0.0766 e. The summed E-state index contributed by atoms with van der Waals surface area (Å²) in [5, 5.41) is 0. The van der Waals surface area contributed by atoms with Crippen LogP contribution in [0.5, 0.6) is 0 Å². The van der Waals surface area contributed by atoms with E-state index in [-0.39, 0.29) is 12.4 Å². The summed E-state index contributed by atoms with van der Waals surface area (Å²) >= 11 is 0. The zero-order chi connectivity index (χ0) is 23.6. The third-order valence-electron chi connectivity index (χ3n) is 8.17. The number of halogens is 1. The van der Waals surface area contributed by atoms with Gasteiger partial charge in [0, 0.05) is 57.3 Å². The van der Waals surface area contributed by atoms with Crippen LogP contribution < -0.4 is 9.80 Å². The van der Waals surface area contributed by atoms with E-state index in [4.69, 9.17) is 4.74 Å². The Hall–Kier alpha value is -0.970. The molecule has 194 valence electrons. The fourth-order valence-corrected chi connectivity index (χ4v) is 7.28. The first-order valence-electron chi connectivity index (χ1n) is 13.7. The maximum absolute atomic E-state index is 5.95. The van der Waals surface area contributed by atoms with Crippen LogP contribution in [-0.4, -0.2) is 63.4 Å². The van der Waals surface area contributed by atoms with Crippen LogP contribution in [0.2, 0.25) is 0 Å². The molecule has 5 heteroatoms. The molecule has 0 N–H and O–H groups in total. The molecular formula is C29H50ClN3O. The number of nitrogens with zero attached hydrogens (tertiary/aromatic N) is 3. The van der Waals surface area contributed by atoms with Gasteiger partial charge in [-0.3, -0.25) is 4.90 Å². The van der Waals surface area contributed by atoms with Crippen molar-refractivity contribution < 1.29 is 4.74 Å². The average Bonchev–Trinajstić information content (AvgIpc) is 3.21. The Morgan fingerprint density at radius 1 is 0.912 bits per heavy atom. The van der Waals surface area contributed by atoms with Crippen LogP contribution in [0.25, 0.3) is 0 Å². The lowest BCUT2D eigenvalue weighted by Gasteiger charge is -2.46. The second-order valence-corrected chi connectivity index (χ2v) is 12.5. The molecule has 4 nitrogen and oxygen atoms in total. The van der Waals surface area contributed by atoms with Crippen molar-refractivity contribution in [3.63, 3.8) is 0 Å². The number of anilines is 2. The third kappa shape index (κ3) is 6.62. The maximum atomic E-state index is 5.95. The third-order valence-corrected chi connectivity index (χ3v) is 8.17. The molecule has 1 aliphatic carbocycles. The predicted octanol–water partition coefficient (Wildman–Crippen LogP) is 6.58. The molecule has 34 heavy (non-hydrogen) atoms. The van der Waals surface area contributed by atoms with Crippen LogP contribution in [0.3, 0.4) is 0 Å². The van der Waals surface area contributed by atoms with Crippen molar-refractivity contribution in [1.82, 2.24) is 4.90 Å². The second-order valence-electron chi connectivity index (χ2n) is 12.5. The first-order valence-corrected chi connectivity index (χ1v) is 13.7. The molecule has 0 spiro atoms. The number of piperazine rings is 1. The van der Waals surface area contributed by atoms with E-state index in [0.717, 1.165) is 39.2 Å². The minimum Gasteiger partial charge on any atom is -0.377 e. The van der Waals surface area contributed by atoms with E-state index in [0.29, 0.717) is 22.9 Å². The lowest BCUT2D eigenvalue weighted by Crippen LogP contribution is -2.47. The molecule has 1 aromatic rings. The van der Waals surface area contributed by atoms with Gasteiger partial charge in [0.15, 0.2) is 0 Å². The summed E-state index contributed by atoms with van der Waals surface area (Å²) in [6.45, 7) is 23.3. The summed E-state index contributed by atoms with van der Waals surface area (Å²) in [7, 11) is 0. The molecule has 1 saturated carbocycles. The Morgan fingerprint density at radius 2 is 1.59 bits per heavy atom. The highest BCUT2D eigenvalue weighted by Crippen LogP contribution is 2.53. The van der Waals surface area contributed by atoms with Crippen molar-refractivity contribution in [2.45, 2.75) is 85.7 Å². The van der Waals surface area contributed by atoms with Gasteiger partial charge in [-0.2, -0.15) is 0 Å². The Morgan fingerprint density at radius 3 is 2.21 bits per heavy atom. The van der Waals surface area contributed by atoms with Gasteiger partial charge in [-0.15, -0.1) is 12.4 Å². The van der Waals surface area contributed by atoms with Gasteiger partial charge in [0.25, 0.3) is 0 Å². The summed E-state index contributed by atoms with van der Waals surface area (Å²) in [5.74, 6) is 0.637. The Bertz CT molecular complexity index is 772. The molecule has 1 atom stereocenters. The Kier molecular flexibility index (Phi) is 9.25. The van der Waals surface area contributed by atoms with E-state index in [1.807, 2.05) is 0 Å². The zero-order valence-electron chi connectivity index (χ0n) is 22.7. The van der Waals surface area contributed by atoms with Gasteiger partial charge in [0.2, 0.25) is 0 Å². The van der Waals surface area contributed by atoms with E-state index in [9.17, 15) is 0 Å². The fourth-order valence-electron chi connectivity index (χ4n) is 7.28. The van der Waals surface area contributed by atoms with Gasteiger partial charge < -0.3 is 14.5 Å². The first kappa shape index (κ1) is 27.6. The topological polar surface area (TPSA) is 19.0 Å². The normalized spacial score (nSPS) is 25.4. The van der Waals surface area contributed by atoms with Crippen molar-refractivity contribution in [2.75, 3.05) is 62.2 Å². The Balaban J connectivity index is 0.00000324. The first-order chi connectivity index (χ1) is 15.7. The van der Waals surface area contributed by atoms with Gasteiger partial charge in [0.05, 0.1) is 6.10 Å². The summed E-state index contributed by atoms with van der Waals surface area (Å²) in [4.78, 5) is 7.88. The zero-order valence-corrected chi connectivity index (χ0v) is 23.6. The summed E-state index contributed by atoms with van der Waals surface area (Å²) in [6, 6.07) is 7.43. The number of benzene rings is 1. The molecule has 0 bridgehead atoms. The van der Waals surface area contributed by atoms with Crippen LogP contribution in [-0.2, 0) is 4.74 Å². The number of ether oxygens (including phenoxy) is 1. The quantitative estimate of drug-likeness (QED) is 0.429. The van der Waals surface area contributed by atoms with Gasteiger partial charge in [0.1, 0.15) is 0 Å². The maximum Gasteiger partial charge on any atom is 0.0766 e. The molecule has 2 saturated heterocycles. The number of hydrogen-bond acceptors (Lipinski definition) is 4. The molecule has 2 heterocycles. The molecule has 0 amide bonds. The lowest BCUT2D eigenvalue weighted by molar-refractivity contribution is 0.0787. The van der Waals surface area contributed by atoms with Crippen molar-refractivity contribution in [1.29, 1.82) is 0 Å². The van der Waals surface area contributed by atoms with Gasteiger partial charge in [-0.1, -0.05) is 34.6 Å². The van der Waals surface area contributed by atoms with Crippen LogP contribution in [0.15, 0.2) is 18.2 Å². The van der Waals surface area contributed by atoms with Crippen molar-refractivity contribution in [3.05, 3.63) is 23.8 Å². The fraction of sp³-hybridized carbons (Fsp3) is 0.793. The standard InChI is InChI=1S/C29H49N3O.ClH/c1-7-12-30-14-16-31(17-15-30)27-10-9-24(32-13-11-25(21-32)33-8-2)18-26(27)23-19-28(3,4)22-29(5,6)20-23;/h9-10,18,23,25H,7-8,11-17,19-22H2,1-6H3;1H/t25-;/m1./s1. The predicted molar refractivity (Wildman–Crippen MR) is 149 cm³/mol. The summed E-state index contributed by atoms with van der Waals surface area (Å²) in [6.07, 6.45) is 6.70. The summed E-state index contributed by atoms with van der Waals surface area (Å²) < 4.78 is 5.95. The van der Waals surface area contributed by atoms with Gasteiger partial charge in [-0.25, -0.2) is 0 Å². The molecule has 0 unspecified atom stereocenters. The van der Waals surface area contributed by atoms with Crippen LogP contribution in [0, 0.1) is 10.8 Å². The monoisotopic (exact) mass is 491 g/mol. The van der Waals surface area contributed by atoms with Crippen LogP contribution >= 0.6 is 12.4 Å². The molecule has 3 aliphatic rings. The molecule has 1 aromatic carbocycles. The van der Waals surface area contributed by atoms with E-state index < -0.39 is 0 Å². The lowest BCUT2D eigenvalue weighted by atomic mass is 9.60. The van der Waals surface area contributed by atoms with Crippen molar-refractivity contribution >= 4 is 23.8 Å². The van der Waals surface area contributed by atoms with Crippen molar-refractivity contribution in [2.24, 2.45) is 10.8 Å². The highest BCUT2D eigenvalue weighted by Gasteiger charge is 2.40. The van der Waals surface area contributed by atoms with E-state index >= 15 is 0 Å². The van der Waals surface area contributed by atoms with Crippen molar-refractivity contribution in [3.8, 4) is 0 Å². The highest BCUT2D eigenvalue weighted by atomic mass is 35.5.